The summed E-state index contributed by atoms with van der Waals surface area (Å²) in [6.07, 6.45) is 1.84. The van der Waals surface area contributed by atoms with E-state index >= 15 is 0 Å². The minimum atomic E-state index is -3.21. The fraction of sp³-hybridized carbons (Fsp3) is 0.462. The number of ether oxygens (including phenoxy) is 1. The molecular weight excluding hydrogens is 282 g/mol. The number of hydrogen-bond donors (Lipinski definition) is 1. The molecule has 106 valence electrons. The van der Waals surface area contributed by atoms with Gasteiger partial charge in [-0.2, -0.15) is 0 Å². The van der Waals surface area contributed by atoms with E-state index in [1.54, 1.807) is 18.2 Å². The summed E-state index contributed by atoms with van der Waals surface area (Å²) in [6.45, 7) is 4.33. The highest BCUT2D eigenvalue weighted by atomic mass is 32.2. The molecule has 0 saturated carbocycles. The maximum atomic E-state index is 11.4. The Kier molecular flexibility index (Phi) is 4.92. The average molecular weight is 301 g/mol. The first-order chi connectivity index (χ1) is 8.63. The van der Waals surface area contributed by atoms with Crippen molar-refractivity contribution in [2.24, 2.45) is 11.1 Å². The lowest BCUT2D eigenvalue weighted by atomic mass is 9.90. The zero-order valence-corrected chi connectivity index (χ0v) is 13.0. The number of rotatable bonds is 6. The largest absolute Gasteiger partial charge is 0.494 e. The Morgan fingerprint density at radius 3 is 2.58 bits per heavy atom. The van der Waals surface area contributed by atoms with Crippen LogP contribution in [0.15, 0.2) is 29.2 Å². The fourth-order valence-electron chi connectivity index (χ4n) is 1.34. The molecule has 0 spiro atoms. The van der Waals surface area contributed by atoms with Crippen molar-refractivity contribution < 1.29 is 13.2 Å². The Morgan fingerprint density at radius 1 is 1.42 bits per heavy atom. The third kappa shape index (κ3) is 4.80. The predicted molar refractivity (Wildman–Crippen MR) is 80.2 cm³/mol. The van der Waals surface area contributed by atoms with Crippen LogP contribution < -0.4 is 10.5 Å². The van der Waals surface area contributed by atoms with E-state index in [0.717, 1.165) is 0 Å². The minimum absolute atomic E-state index is 0.249. The van der Waals surface area contributed by atoms with Crippen molar-refractivity contribution in [1.82, 2.24) is 0 Å². The summed E-state index contributed by atoms with van der Waals surface area (Å²) >= 11 is 4.97. The Hall–Kier alpha value is -1.14. The van der Waals surface area contributed by atoms with E-state index < -0.39 is 9.84 Å². The summed E-state index contributed by atoms with van der Waals surface area (Å²) in [5.41, 5.74) is 5.35. The van der Waals surface area contributed by atoms with Gasteiger partial charge < -0.3 is 10.5 Å². The van der Waals surface area contributed by atoms with E-state index in [9.17, 15) is 8.42 Å². The summed E-state index contributed by atoms with van der Waals surface area (Å²) in [6, 6.07) is 6.44. The molecule has 0 atom stereocenters. The van der Waals surface area contributed by atoms with Crippen LogP contribution in [0.2, 0.25) is 0 Å². The highest BCUT2D eigenvalue weighted by molar-refractivity contribution is 7.90. The van der Waals surface area contributed by atoms with Gasteiger partial charge in [-0.15, -0.1) is 0 Å². The van der Waals surface area contributed by atoms with Crippen LogP contribution in [0.3, 0.4) is 0 Å². The lowest BCUT2D eigenvalue weighted by Crippen LogP contribution is -2.31. The molecule has 19 heavy (non-hydrogen) atoms. The number of nitrogens with two attached hydrogens (primary N) is 1. The smallest absolute Gasteiger partial charge is 0.175 e. The van der Waals surface area contributed by atoms with Crippen molar-refractivity contribution in [1.29, 1.82) is 0 Å². The Morgan fingerprint density at radius 2 is 2.05 bits per heavy atom. The number of benzene rings is 1. The summed E-state index contributed by atoms with van der Waals surface area (Å²) in [5.74, 6) is 0.529. The van der Waals surface area contributed by atoms with Gasteiger partial charge in [-0.3, -0.25) is 0 Å². The van der Waals surface area contributed by atoms with Gasteiger partial charge >= 0.3 is 0 Å². The molecule has 1 rings (SSSR count). The van der Waals surface area contributed by atoms with Crippen molar-refractivity contribution in [3.8, 4) is 5.75 Å². The zero-order chi connectivity index (χ0) is 14.7. The van der Waals surface area contributed by atoms with Gasteiger partial charge in [0.15, 0.2) is 9.84 Å². The second-order valence-electron chi connectivity index (χ2n) is 5.09. The molecule has 0 saturated heterocycles. The topological polar surface area (TPSA) is 69.4 Å². The molecule has 4 nitrogen and oxygen atoms in total. The lowest BCUT2D eigenvalue weighted by Gasteiger charge is -2.22. The molecule has 0 bridgehead atoms. The quantitative estimate of drug-likeness (QED) is 0.816. The highest BCUT2D eigenvalue weighted by Gasteiger charge is 2.21. The second kappa shape index (κ2) is 5.88. The lowest BCUT2D eigenvalue weighted by molar-refractivity contribution is 0.270. The molecule has 0 aliphatic rings. The molecule has 0 aromatic heterocycles. The molecule has 0 aliphatic carbocycles. The molecule has 0 aliphatic heterocycles. The predicted octanol–water partition coefficient (Wildman–Crippen LogP) is 2.17. The molecule has 1 aromatic carbocycles. The van der Waals surface area contributed by atoms with Crippen LogP contribution in [-0.4, -0.2) is 26.3 Å². The summed E-state index contributed by atoms with van der Waals surface area (Å²) in [4.78, 5) is 0.694. The number of hydrogen-bond acceptors (Lipinski definition) is 4. The van der Waals surface area contributed by atoms with Crippen molar-refractivity contribution in [3.05, 3.63) is 24.3 Å². The molecule has 0 fully saturated rings. The van der Waals surface area contributed by atoms with Gasteiger partial charge in [-0.1, -0.05) is 32.1 Å². The first-order valence-electron chi connectivity index (χ1n) is 5.86. The number of thiocarbonyl (C=S) groups is 1. The van der Waals surface area contributed by atoms with Crippen LogP contribution in [0.5, 0.6) is 5.75 Å². The summed E-state index contributed by atoms with van der Waals surface area (Å²) < 4.78 is 28.4. The Balaban J connectivity index is 2.67. The molecule has 1 aromatic rings. The minimum Gasteiger partial charge on any atom is -0.494 e. The van der Waals surface area contributed by atoms with Crippen molar-refractivity contribution >= 4 is 27.0 Å². The van der Waals surface area contributed by atoms with E-state index in [2.05, 4.69) is 0 Å². The monoisotopic (exact) mass is 301 g/mol. The van der Waals surface area contributed by atoms with Crippen LogP contribution in [-0.2, 0) is 9.84 Å². The summed E-state index contributed by atoms with van der Waals surface area (Å²) in [5, 5.41) is 0. The second-order valence-corrected chi connectivity index (χ2v) is 7.55. The van der Waals surface area contributed by atoms with Crippen LogP contribution in [0.4, 0.5) is 0 Å². The van der Waals surface area contributed by atoms with Crippen molar-refractivity contribution in [2.45, 2.75) is 25.2 Å². The fourth-order valence-corrected chi connectivity index (χ4v) is 2.10. The first-order valence-corrected chi connectivity index (χ1v) is 8.16. The van der Waals surface area contributed by atoms with Gasteiger partial charge in [0, 0.05) is 11.7 Å². The van der Waals surface area contributed by atoms with Gasteiger partial charge in [0.25, 0.3) is 0 Å². The highest BCUT2D eigenvalue weighted by Crippen LogP contribution is 2.22. The maximum absolute atomic E-state index is 11.4. The van der Waals surface area contributed by atoms with Gasteiger partial charge in [-0.25, -0.2) is 8.42 Å². The van der Waals surface area contributed by atoms with Crippen LogP contribution in [0.25, 0.3) is 0 Å². The Labute approximate surface area is 119 Å². The third-order valence-corrected chi connectivity index (χ3v) is 4.56. The van der Waals surface area contributed by atoms with E-state index in [-0.39, 0.29) is 10.3 Å². The van der Waals surface area contributed by atoms with E-state index in [1.165, 1.54) is 12.3 Å². The molecule has 2 N–H and O–H groups in total. The van der Waals surface area contributed by atoms with Gasteiger partial charge in [0.2, 0.25) is 0 Å². The van der Waals surface area contributed by atoms with E-state index in [4.69, 9.17) is 22.7 Å². The van der Waals surface area contributed by atoms with Gasteiger partial charge in [-0.05, 0) is 24.6 Å². The van der Waals surface area contributed by atoms with Crippen molar-refractivity contribution in [3.63, 3.8) is 0 Å². The average Bonchev–Trinajstić information content (AvgIpc) is 2.28. The molecule has 0 heterocycles. The van der Waals surface area contributed by atoms with Gasteiger partial charge in [0.1, 0.15) is 5.75 Å². The third-order valence-electron chi connectivity index (χ3n) is 2.90. The summed E-state index contributed by atoms with van der Waals surface area (Å²) in [7, 11) is -3.21. The van der Waals surface area contributed by atoms with Crippen LogP contribution in [0.1, 0.15) is 20.3 Å². The van der Waals surface area contributed by atoms with Crippen LogP contribution >= 0.6 is 12.2 Å². The van der Waals surface area contributed by atoms with E-state index in [0.29, 0.717) is 23.8 Å². The molecular formula is C13H19NO3S2. The molecule has 0 radical (unpaired) electrons. The Bertz CT molecular complexity index is 565. The number of sulfone groups is 1. The first kappa shape index (κ1) is 15.9. The van der Waals surface area contributed by atoms with Gasteiger partial charge in [0.05, 0.1) is 16.5 Å². The molecule has 0 amide bonds. The SMILES string of the molecule is CC(C)(CCOc1cccc(S(C)(=O)=O)c1)C(N)=S. The van der Waals surface area contributed by atoms with Crippen molar-refractivity contribution in [2.75, 3.05) is 12.9 Å². The van der Waals surface area contributed by atoms with Crippen LogP contribution in [0, 0.1) is 5.41 Å². The zero-order valence-electron chi connectivity index (χ0n) is 11.3. The normalized spacial score (nSPS) is 12.2. The van der Waals surface area contributed by atoms with E-state index in [1.807, 2.05) is 13.8 Å². The standard InChI is InChI=1S/C13H19NO3S2/c1-13(2,12(14)18)7-8-17-10-5-4-6-11(9-10)19(3,15)16/h4-6,9H,7-8H2,1-3H3,(H2,14,18). The maximum Gasteiger partial charge on any atom is 0.175 e. The molecule has 0 unspecified atom stereocenters. The molecule has 6 heteroatoms.